The largest absolute Gasteiger partial charge is 0.545 e. The van der Waals surface area contributed by atoms with Gasteiger partial charge in [0.1, 0.15) is 13.2 Å². The summed E-state index contributed by atoms with van der Waals surface area (Å²) in [6, 6.07) is 0. The highest BCUT2D eigenvalue weighted by atomic mass is 16.7. The quantitative estimate of drug-likeness (QED) is 0.0195. The summed E-state index contributed by atoms with van der Waals surface area (Å²) in [5.41, 5.74) is 0. The predicted molar refractivity (Wildman–Crippen MR) is 351 cm³/mol. The molecule has 2 atom stereocenters. The Morgan fingerprint density at radius 1 is 0.361 bits per heavy atom. The van der Waals surface area contributed by atoms with Crippen LogP contribution in [0.15, 0.2) is 182 Å². The zero-order valence-electron chi connectivity index (χ0n) is 52.7. The van der Waals surface area contributed by atoms with E-state index in [-0.39, 0.29) is 38.6 Å². The van der Waals surface area contributed by atoms with E-state index in [1.54, 1.807) is 0 Å². The Balaban J connectivity index is 4.33. The van der Waals surface area contributed by atoms with E-state index in [1.807, 2.05) is 21.1 Å². The van der Waals surface area contributed by atoms with E-state index in [0.717, 1.165) is 141 Å². The zero-order chi connectivity index (χ0) is 60.5. The van der Waals surface area contributed by atoms with Gasteiger partial charge in [0.05, 0.1) is 40.3 Å². The van der Waals surface area contributed by atoms with Crippen molar-refractivity contribution in [3.05, 3.63) is 182 Å². The summed E-state index contributed by atoms with van der Waals surface area (Å²) < 4.78 is 22.7. The highest BCUT2D eigenvalue weighted by Crippen LogP contribution is 2.13. The van der Waals surface area contributed by atoms with Crippen LogP contribution in [0.2, 0.25) is 0 Å². The van der Waals surface area contributed by atoms with Gasteiger partial charge in [0.25, 0.3) is 0 Å². The number of carbonyl (C=O) groups excluding carboxylic acids is 3. The fraction of sp³-hybridized carbons (Fsp3) is 0.554. The monoisotopic (exact) mass is 1150 g/mol. The second-order valence-corrected chi connectivity index (χ2v) is 21.6. The lowest BCUT2D eigenvalue weighted by Gasteiger charge is -2.26. The first-order chi connectivity index (χ1) is 40.6. The first-order valence-corrected chi connectivity index (χ1v) is 31.9. The van der Waals surface area contributed by atoms with Crippen LogP contribution in [0.1, 0.15) is 206 Å². The van der Waals surface area contributed by atoms with E-state index < -0.39 is 24.3 Å². The van der Waals surface area contributed by atoms with Gasteiger partial charge in [-0.05, 0) is 135 Å². The molecule has 0 spiro atoms. The number of carbonyl (C=O) groups is 3. The third-order valence-corrected chi connectivity index (χ3v) is 12.6. The third kappa shape index (κ3) is 63.8. The second kappa shape index (κ2) is 62.4. The van der Waals surface area contributed by atoms with Crippen molar-refractivity contribution in [1.29, 1.82) is 0 Å². The maximum absolute atomic E-state index is 12.9. The van der Waals surface area contributed by atoms with Crippen LogP contribution in [0.5, 0.6) is 0 Å². The lowest BCUT2D eigenvalue weighted by atomic mass is 10.1. The standard InChI is InChI=1S/C74H115NO8/c1-6-8-10-12-14-16-18-20-22-24-26-28-29-30-31-32-33-34-35-36-37-38-39-40-41-42-43-45-47-49-51-53-55-57-59-61-63-65-72(77)83-70(69-82-74(73(78)79)80-67-66-75(3,4)5)68-81-71(76)64-62-60-58-56-54-52-50-48-46-44-27-25-23-21-19-17-15-13-11-9-7-2/h8-11,14-17,20-23,26-28,30-31,33-34,36-37,39-40,42-44,47,49,53,55,70,74H,6-7,12-13,18-19,24-25,29,32,35,38,41,45-46,48,50-52,54,56-69H2,1-5H3/b10-8-,11-9-,16-14-,17-15-,22-20-,23-21-,28-26-,31-30-,34-33-,37-36-,40-39-,43-42-,44-27-,49-47-,55-53-. The number of carboxylic acid groups (broad SMARTS) is 1. The van der Waals surface area contributed by atoms with Crippen LogP contribution in [0.4, 0.5) is 0 Å². The lowest BCUT2D eigenvalue weighted by Crippen LogP contribution is -2.44. The first kappa shape index (κ1) is 77.4. The van der Waals surface area contributed by atoms with Crippen LogP contribution in [0.3, 0.4) is 0 Å². The molecule has 0 saturated carbocycles. The van der Waals surface area contributed by atoms with Gasteiger partial charge in [0.15, 0.2) is 12.4 Å². The summed E-state index contributed by atoms with van der Waals surface area (Å²) in [5.74, 6) is -2.36. The number of hydrogen-bond donors (Lipinski definition) is 0. The summed E-state index contributed by atoms with van der Waals surface area (Å²) in [6.07, 6.45) is 92.4. The van der Waals surface area contributed by atoms with Crippen LogP contribution < -0.4 is 5.11 Å². The van der Waals surface area contributed by atoms with E-state index in [4.69, 9.17) is 18.9 Å². The van der Waals surface area contributed by atoms with Gasteiger partial charge in [-0.1, -0.05) is 241 Å². The van der Waals surface area contributed by atoms with E-state index in [1.165, 1.54) is 25.7 Å². The molecule has 0 bridgehead atoms. The van der Waals surface area contributed by atoms with Gasteiger partial charge >= 0.3 is 11.9 Å². The molecule has 464 valence electrons. The molecule has 0 saturated heterocycles. The molecule has 0 amide bonds. The van der Waals surface area contributed by atoms with Gasteiger partial charge in [-0.25, -0.2) is 0 Å². The fourth-order valence-electron chi connectivity index (χ4n) is 7.82. The Kier molecular flexibility index (Phi) is 58.2. The molecule has 0 aliphatic heterocycles. The Hall–Kier alpha value is -5.61. The molecule has 9 heteroatoms. The van der Waals surface area contributed by atoms with Gasteiger partial charge < -0.3 is 33.3 Å². The SMILES string of the molecule is CC/C=C\C/C=C\C/C=C\C/C=C\C/C=C\C/C=C\C/C=C\C/C=C\C/C=C\C/C=C\C/C=C\CCCCCC(=O)OC(COC(=O)CCCCCCCCCC/C=C\C/C=C\C/C=C\C/C=C\CC)COC(OCC[N+](C)(C)C)C(=O)[O-]. The zero-order valence-corrected chi connectivity index (χ0v) is 52.7. The van der Waals surface area contributed by atoms with Crippen LogP contribution in [-0.2, 0) is 33.3 Å². The van der Waals surface area contributed by atoms with Gasteiger partial charge in [0, 0.05) is 12.8 Å². The highest BCUT2D eigenvalue weighted by Gasteiger charge is 2.22. The molecule has 83 heavy (non-hydrogen) atoms. The molecule has 9 nitrogen and oxygen atoms in total. The normalized spacial score (nSPS) is 14.0. The fourth-order valence-corrected chi connectivity index (χ4v) is 7.82. The molecule has 0 aromatic heterocycles. The average molecular weight is 1150 g/mol. The molecule has 0 aromatic rings. The van der Waals surface area contributed by atoms with Crippen LogP contribution in [0, 0.1) is 0 Å². The molecule has 2 unspecified atom stereocenters. The first-order valence-electron chi connectivity index (χ1n) is 31.9. The number of allylic oxidation sites excluding steroid dienone is 30. The minimum atomic E-state index is -1.65. The van der Waals surface area contributed by atoms with E-state index in [2.05, 4.69) is 196 Å². The number of rotatable bonds is 56. The topological polar surface area (TPSA) is 111 Å². The van der Waals surface area contributed by atoms with E-state index >= 15 is 0 Å². The number of nitrogens with zero attached hydrogens (tertiary/aromatic N) is 1. The van der Waals surface area contributed by atoms with E-state index in [9.17, 15) is 19.5 Å². The molecule has 0 radical (unpaired) electrons. The summed E-state index contributed by atoms with van der Waals surface area (Å²) >= 11 is 0. The van der Waals surface area contributed by atoms with Gasteiger partial charge in [-0.3, -0.25) is 9.59 Å². The lowest BCUT2D eigenvalue weighted by molar-refractivity contribution is -0.870. The van der Waals surface area contributed by atoms with Crippen LogP contribution in [-0.4, -0.2) is 82.3 Å². The average Bonchev–Trinajstić information content (AvgIpc) is 3.46. The molecule has 0 N–H and O–H groups in total. The molecule has 0 aliphatic carbocycles. The van der Waals surface area contributed by atoms with Crippen molar-refractivity contribution in [1.82, 2.24) is 0 Å². The number of quaternary nitrogens is 1. The molecule has 0 rings (SSSR count). The number of ether oxygens (including phenoxy) is 4. The Labute approximate surface area is 507 Å². The van der Waals surface area contributed by atoms with Crippen LogP contribution >= 0.6 is 0 Å². The molecule has 0 fully saturated rings. The Morgan fingerprint density at radius 3 is 0.976 bits per heavy atom. The molecular weight excluding hydrogens is 1030 g/mol. The summed E-state index contributed by atoms with van der Waals surface area (Å²) in [5, 5.41) is 11.8. The van der Waals surface area contributed by atoms with Crippen molar-refractivity contribution in [3.63, 3.8) is 0 Å². The highest BCUT2D eigenvalue weighted by molar-refractivity contribution is 5.70. The van der Waals surface area contributed by atoms with Crippen molar-refractivity contribution < 1.29 is 42.9 Å². The van der Waals surface area contributed by atoms with Gasteiger partial charge in [-0.15, -0.1) is 0 Å². The van der Waals surface area contributed by atoms with Crippen molar-refractivity contribution >= 4 is 17.9 Å². The number of aliphatic carboxylic acids is 1. The number of likely N-dealkylation sites (N-methyl/N-ethyl adjacent to an activating group) is 1. The molecule has 0 heterocycles. The molecular formula is C74H115NO8. The minimum Gasteiger partial charge on any atom is -0.545 e. The van der Waals surface area contributed by atoms with Gasteiger partial charge in [0.2, 0.25) is 0 Å². The maximum atomic E-state index is 12.9. The Bertz CT molecular complexity index is 2010. The number of carboxylic acids is 1. The number of esters is 2. The second-order valence-electron chi connectivity index (χ2n) is 21.6. The third-order valence-electron chi connectivity index (χ3n) is 12.6. The van der Waals surface area contributed by atoms with Crippen molar-refractivity contribution in [2.75, 3.05) is 47.5 Å². The van der Waals surface area contributed by atoms with E-state index in [0.29, 0.717) is 23.9 Å². The summed E-state index contributed by atoms with van der Waals surface area (Å²) in [7, 11) is 5.89. The number of unbranched alkanes of at least 4 members (excludes halogenated alkanes) is 11. The maximum Gasteiger partial charge on any atom is 0.306 e. The van der Waals surface area contributed by atoms with Crippen LogP contribution in [0.25, 0.3) is 0 Å². The molecule has 0 aliphatic rings. The molecule has 0 aromatic carbocycles. The summed E-state index contributed by atoms with van der Waals surface area (Å²) in [6.45, 7) is 4.44. The minimum absolute atomic E-state index is 0.129. The summed E-state index contributed by atoms with van der Waals surface area (Å²) in [4.78, 5) is 37.4. The van der Waals surface area contributed by atoms with Crippen molar-refractivity contribution in [2.24, 2.45) is 0 Å². The van der Waals surface area contributed by atoms with Crippen molar-refractivity contribution in [2.45, 2.75) is 219 Å². The number of hydrogen-bond acceptors (Lipinski definition) is 8. The van der Waals surface area contributed by atoms with Crippen molar-refractivity contribution in [3.8, 4) is 0 Å². The predicted octanol–water partition coefficient (Wildman–Crippen LogP) is 18.3. The Morgan fingerprint density at radius 2 is 0.651 bits per heavy atom. The smallest absolute Gasteiger partial charge is 0.306 e. The van der Waals surface area contributed by atoms with Gasteiger partial charge in [-0.2, -0.15) is 0 Å².